The molecule has 1 heterocycles. The van der Waals surface area contributed by atoms with Gasteiger partial charge < -0.3 is 0 Å². The highest BCUT2D eigenvalue weighted by atomic mass is 16.7. The Morgan fingerprint density at radius 2 is 2.00 bits per heavy atom. The fraction of sp³-hybridized carbons (Fsp3) is 1.00. The molecule has 0 radical (unpaired) electrons. The number of hydrogen-bond acceptors (Lipinski definition) is 2. The molecule has 1 aliphatic carbocycles. The molecule has 2 heteroatoms. The zero-order valence-electron chi connectivity index (χ0n) is 9.21. The van der Waals surface area contributed by atoms with Crippen molar-refractivity contribution in [1.29, 1.82) is 0 Å². The predicted molar refractivity (Wildman–Crippen MR) is 53.2 cm³/mol. The van der Waals surface area contributed by atoms with E-state index in [4.69, 9.17) is 4.84 Å². The number of fused-ring (bicyclic) bond motifs is 1. The van der Waals surface area contributed by atoms with E-state index in [9.17, 15) is 0 Å². The van der Waals surface area contributed by atoms with Crippen LogP contribution in [0.1, 0.15) is 40.0 Å². The van der Waals surface area contributed by atoms with Gasteiger partial charge in [0.25, 0.3) is 0 Å². The lowest BCUT2D eigenvalue weighted by atomic mass is 9.70. The van der Waals surface area contributed by atoms with Crippen LogP contribution in [0, 0.1) is 11.8 Å². The van der Waals surface area contributed by atoms with E-state index in [1.807, 2.05) is 0 Å². The van der Waals surface area contributed by atoms with Gasteiger partial charge in [-0.15, -0.1) is 0 Å². The van der Waals surface area contributed by atoms with E-state index in [1.165, 1.54) is 19.3 Å². The molecular weight excluding hydrogens is 162 g/mol. The molecule has 3 atom stereocenters. The van der Waals surface area contributed by atoms with Gasteiger partial charge in [0.1, 0.15) is 0 Å². The average Bonchev–Trinajstić information content (AvgIpc) is 2.24. The Labute approximate surface area is 81.2 Å². The Morgan fingerprint density at radius 1 is 1.31 bits per heavy atom. The van der Waals surface area contributed by atoms with Crippen LogP contribution in [-0.4, -0.2) is 23.8 Å². The second kappa shape index (κ2) is 2.96. The molecular formula is C11H21NO. The standard InChI is InChI=1S/C11H21NO/c1-8-6-5-7-9-10(8)11(2,3)13-12(9)4/h8-10H,5-7H2,1-4H3. The second-order valence-electron chi connectivity index (χ2n) is 5.24. The molecule has 0 bridgehead atoms. The van der Waals surface area contributed by atoms with Crippen LogP contribution in [-0.2, 0) is 4.84 Å². The van der Waals surface area contributed by atoms with Gasteiger partial charge in [0, 0.05) is 19.0 Å². The maximum absolute atomic E-state index is 5.90. The maximum atomic E-state index is 5.90. The third-order valence-electron chi connectivity index (χ3n) is 3.84. The first-order valence-corrected chi connectivity index (χ1v) is 5.44. The van der Waals surface area contributed by atoms with Crippen molar-refractivity contribution in [2.75, 3.05) is 7.05 Å². The van der Waals surface area contributed by atoms with Gasteiger partial charge in [-0.1, -0.05) is 19.8 Å². The van der Waals surface area contributed by atoms with Gasteiger partial charge >= 0.3 is 0 Å². The third-order valence-corrected chi connectivity index (χ3v) is 3.84. The summed E-state index contributed by atoms with van der Waals surface area (Å²) < 4.78 is 0. The fourth-order valence-corrected chi connectivity index (χ4v) is 3.44. The maximum Gasteiger partial charge on any atom is 0.0890 e. The molecule has 1 saturated carbocycles. The van der Waals surface area contributed by atoms with Crippen molar-refractivity contribution in [2.45, 2.75) is 51.7 Å². The summed E-state index contributed by atoms with van der Waals surface area (Å²) in [4.78, 5) is 5.90. The van der Waals surface area contributed by atoms with E-state index in [0.29, 0.717) is 6.04 Å². The molecule has 2 fully saturated rings. The Bertz CT molecular complexity index is 202. The summed E-state index contributed by atoms with van der Waals surface area (Å²) in [5.41, 5.74) is 0.0548. The minimum absolute atomic E-state index is 0.0548. The normalized spacial score (nSPS) is 44.8. The fourth-order valence-electron chi connectivity index (χ4n) is 3.44. The second-order valence-corrected chi connectivity index (χ2v) is 5.24. The molecule has 76 valence electrons. The molecule has 13 heavy (non-hydrogen) atoms. The molecule has 0 aromatic heterocycles. The summed E-state index contributed by atoms with van der Waals surface area (Å²) in [6, 6.07) is 0.666. The highest BCUT2D eigenvalue weighted by Crippen LogP contribution is 2.46. The molecule has 3 unspecified atom stereocenters. The molecule has 2 rings (SSSR count). The van der Waals surface area contributed by atoms with Crippen LogP contribution >= 0.6 is 0 Å². The zero-order chi connectivity index (χ0) is 9.64. The predicted octanol–water partition coefficient (Wildman–Crippen LogP) is 2.45. The summed E-state index contributed by atoms with van der Waals surface area (Å²) in [5, 5.41) is 2.10. The van der Waals surface area contributed by atoms with E-state index in [2.05, 4.69) is 32.9 Å². The summed E-state index contributed by atoms with van der Waals surface area (Å²) >= 11 is 0. The molecule has 0 amide bonds. The van der Waals surface area contributed by atoms with E-state index < -0.39 is 0 Å². The van der Waals surface area contributed by atoms with E-state index in [1.54, 1.807) is 0 Å². The SMILES string of the molecule is CC1CCCC2C1C(C)(C)ON2C. The summed E-state index contributed by atoms with van der Waals surface area (Å²) in [6.45, 7) is 6.84. The molecule has 0 spiro atoms. The van der Waals surface area contributed by atoms with Crippen molar-refractivity contribution in [3.63, 3.8) is 0 Å². The van der Waals surface area contributed by atoms with Crippen molar-refractivity contribution in [2.24, 2.45) is 11.8 Å². The minimum Gasteiger partial charge on any atom is -0.293 e. The number of hydrogen-bond donors (Lipinski definition) is 0. The Morgan fingerprint density at radius 3 is 2.62 bits per heavy atom. The topological polar surface area (TPSA) is 12.5 Å². The highest BCUT2D eigenvalue weighted by Gasteiger charge is 2.50. The highest BCUT2D eigenvalue weighted by molar-refractivity contribution is 4.97. The molecule has 1 aliphatic heterocycles. The average molecular weight is 183 g/mol. The first kappa shape index (κ1) is 9.47. The van der Waals surface area contributed by atoms with Crippen LogP contribution in [0.15, 0.2) is 0 Å². The molecule has 2 nitrogen and oxygen atoms in total. The summed E-state index contributed by atoms with van der Waals surface area (Å²) in [5.74, 6) is 1.55. The molecule has 0 N–H and O–H groups in total. The monoisotopic (exact) mass is 183 g/mol. The van der Waals surface area contributed by atoms with Gasteiger partial charge in [-0.3, -0.25) is 4.84 Å². The number of nitrogens with zero attached hydrogens (tertiary/aromatic N) is 1. The molecule has 0 aromatic rings. The van der Waals surface area contributed by atoms with Gasteiger partial charge in [-0.25, -0.2) is 0 Å². The van der Waals surface area contributed by atoms with Crippen LogP contribution in [0.4, 0.5) is 0 Å². The van der Waals surface area contributed by atoms with Crippen LogP contribution in [0.3, 0.4) is 0 Å². The lowest BCUT2D eigenvalue weighted by Crippen LogP contribution is -2.40. The molecule has 1 saturated heterocycles. The van der Waals surface area contributed by atoms with Crippen molar-refractivity contribution in [1.82, 2.24) is 5.06 Å². The van der Waals surface area contributed by atoms with Gasteiger partial charge in [-0.05, 0) is 26.2 Å². The van der Waals surface area contributed by atoms with Crippen LogP contribution in [0.5, 0.6) is 0 Å². The van der Waals surface area contributed by atoms with E-state index in [-0.39, 0.29) is 5.60 Å². The summed E-state index contributed by atoms with van der Waals surface area (Å²) in [6.07, 6.45) is 4.06. The first-order chi connectivity index (χ1) is 6.02. The Hall–Kier alpha value is -0.0800. The minimum atomic E-state index is 0.0548. The van der Waals surface area contributed by atoms with Gasteiger partial charge in [0.15, 0.2) is 0 Å². The Kier molecular flexibility index (Phi) is 2.16. The van der Waals surface area contributed by atoms with Gasteiger partial charge in [0.05, 0.1) is 5.60 Å². The molecule has 0 aromatic carbocycles. The number of rotatable bonds is 0. The third kappa shape index (κ3) is 1.40. The lowest BCUT2D eigenvalue weighted by Gasteiger charge is -2.36. The number of hydroxylamine groups is 2. The first-order valence-electron chi connectivity index (χ1n) is 5.44. The zero-order valence-corrected chi connectivity index (χ0v) is 9.21. The van der Waals surface area contributed by atoms with Crippen molar-refractivity contribution >= 4 is 0 Å². The van der Waals surface area contributed by atoms with E-state index in [0.717, 1.165) is 11.8 Å². The lowest BCUT2D eigenvalue weighted by molar-refractivity contribution is -0.179. The van der Waals surface area contributed by atoms with Crippen molar-refractivity contribution in [3.05, 3.63) is 0 Å². The smallest absolute Gasteiger partial charge is 0.0890 e. The van der Waals surface area contributed by atoms with E-state index >= 15 is 0 Å². The quantitative estimate of drug-likeness (QED) is 0.572. The summed E-state index contributed by atoms with van der Waals surface area (Å²) in [7, 11) is 2.09. The van der Waals surface area contributed by atoms with Crippen LogP contribution < -0.4 is 0 Å². The van der Waals surface area contributed by atoms with Crippen molar-refractivity contribution in [3.8, 4) is 0 Å². The van der Waals surface area contributed by atoms with Crippen LogP contribution in [0.25, 0.3) is 0 Å². The van der Waals surface area contributed by atoms with Gasteiger partial charge in [-0.2, -0.15) is 5.06 Å². The van der Waals surface area contributed by atoms with Gasteiger partial charge in [0.2, 0.25) is 0 Å². The largest absolute Gasteiger partial charge is 0.293 e. The Balaban J connectivity index is 2.23. The van der Waals surface area contributed by atoms with Crippen LogP contribution in [0.2, 0.25) is 0 Å². The molecule has 2 aliphatic rings. The van der Waals surface area contributed by atoms with Crippen molar-refractivity contribution < 1.29 is 4.84 Å².